The van der Waals surface area contributed by atoms with Gasteiger partial charge in [0.15, 0.2) is 0 Å². The minimum absolute atomic E-state index is 0.0264. The van der Waals surface area contributed by atoms with E-state index in [1.165, 1.54) is 17.2 Å². The Morgan fingerprint density at radius 1 is 1.28 bits per heavy atom. The minimum atomic E-state index is -0.748. The SMILES string of the molecule is Cc1cccc(N(C)C(=O)c2cccnc2F)c1. The van der Waals surface area contributed by atoms with Crippen LogP contribution in [0.3, 0.4) is 0 Å². The highest BCUT2D eigenvalue weighted by Gasteiger charge is 2.17. The van der Waals surface area contributed by atoms with Crippen LogP contribution in [0.4, 0.5) is 10.1 Å². The maximum atomic E-state index is 13.4. The van der Waals surface area contributed by atoms with Crippen LogP contribution in [0.1, 0.15) is 15.9 Å². The first-order valence-corrected chi connectivity index (χ1v) is 5.55. The lowest BCUT2D eigenvalue weighted by molar-refractivity contribution is 0.0988. The van der Waals surface area contributed by atoms with Gasteiger partial charge in [0.1, 0.15) is 0 Å². The van der Waals surface area contributed by atoms with Crippen LogP contribution in [-0.4, -0.2) is 17.9 Å². The van der Waals surface area contributed by atoms with Crippen LogP contribution < -0.4 is 4.90 Å². The van der Waals surface area contributed by atoms with E-state index >= 15 is 0 Å². The molecule has 2 rings (SSSR count). The molecule has 0 saturated heterocycles. The number of benzene rings is 1. The Morgan fingerprint density at radius 2 is 2.06 bits per heavy atom. The molecule has 0 aliphatic rings. The summed E-state index contributed by atoms with van der Waals surface area (Å²) in [7, 11) is 1.61. The number of hydrogen-bond donors (Lipinski definition) is 0. The third-order valence-electron chi connectivity index (χ3n) is 2.68. The van der Waals surface area contributed by atoms with E-state index in [0.717, 1.165) is 11.3 Å². The number of pyridine rings is 1. The van der Waals surface area contributed by atoms with Gasteiger partial charge in [0, 0.05) is 18.9 Å². The van der Waals surface area contributed by atoms with E-state index in [4.69, 9.17) is 0 Å². The van der Waals surface area contributed by atoms with Gasteiger partial charge in [-0.15, -0.1) is 0 Å². The molecule has 0 N–H and O–H groups in total. The molecule has 0 aliphatic heterocycles. The topological polar surface area (TPSA) is 33.2 Å². The smallest absolute Gasteiger partial charge is 0.262 e. The molecule has 0 bridgehead atoms. The van der Waals surface area contributed by atoms with E-state index in [2.05, 4.69) is 4.98 Å². The molecule has 1 amide bonds. The van der Waals surface area contributed by atoms with Gasteiger partial charge in [-0.2, -0.15) is 4.39 Å². The summed E-state index contributed by atoms with van der Waals surface area (Å²) in [6.45, 7) is 1.94. The quantitative estimate of drug-likeness (QED) is 0.761. The summed E-state index contributed by atoms with van der Waals surface area (Å²) in [5.41, 5.74) is 1.74. The van der Waals surface area contributed by atoms with Gasteiger partial charge in [-0.3, -0.25) is 4.79 Å². The van der Waals surface area contributed by atoms with Gasteiger partial charge in [-0.1, -0.05) is 12.1 Å². The van der Waals surface area contributed by atoms with Crippen molar-refractivity contribution in [3.63, 3.8) is 0 Å². The highest BCUT2D eigenvalue weighted by molar-refractivity contribution is 6.05. The summed E-state index contributed by atoms with van der Waals surface area (Å²) in [6.07, 6.45) is 1.32. The summed E-state index contributed by atoms with van der Waals surface area (Å²) in [6, 6.07) is 10.4. The number of rotatable bonds is 2. The zero-order valence-corrected chi connectivity index (χ0v) is 10.2. The minimum Gasteiger partial charge on any atom is -0.311 e. The molecule has 1 heterocycles. The molecular formula is C14H13FN2O. The van der Waals surface area contributed by atoms with Crippen LogP contribution in [-0.2, 0) is 0 Å². The van der Waals surface area contributed by atoms with Crippen molar-refractivity contribution in [1.29, 1.82) is 0 Å². The number of halogens is 1. The Balaban J connectivity index is 2.32. The first kappa shape index (κ1) is 12.2. The summed E-state index contributed by atoms with van der Waals surface area (Å²) < 4.78 is 13.4. The fourth-order valence-corrected chi connectivity index (χ4v) is 1.68. The number of aromatic nitrogens is 1. The van der Waals surface area contributed by atoms with Crippen molar-refractivity contribution < 1.29 is 9.18 Å². The lowest BCUT2D eigenvalue weighted by Gasteiger charge is -2.17. The maximum absolute atomic E-state index is 13.4. The molecule has 0 saturated carbocycles. The zero-order valence-electron chi connectivity index (χ0n) is 10.2. The van der Waals surface area contributed by atoms with Crippen molar-refractivity contribution in [3.05, 3.63) is 59.7 Å². The summed E-state index contributed by atoms with van der Waals surface area (Å²) in [5.74, 6) is -1.16. The largest absolute Gasteiger partial charge is 0.311 e. The third kappa shape index (κ3) is 2.37. The van der Waals surface area contributed by atoms with Crippen molar-refractivity contribution in [3.8, 4) is 0 Å². The van der Waals surface area contributed by atoms with Crippen LogP contribution in [0.5, 0.6) is 0 Å². The standard InChI is InChI=1S/C14H13FN2O/c1-10-5-3-6-11(9-10)17(2)14(18)12-7-4-8-16-13(12)15/h3-9H,1-2H3. The lowest BCUT2D eigenvalue weighted by Crippen LogP contribution is -2.27. The summed E-state index contributed by atoms with van der Waals surface area (Å²) in [5, 5.41) is 0. The molecule has 0 unspecified atom stereocenters. The molecule has 1 aromatic heterocycles. The van der Waals surface area contributed by atoms with Crippen molar-refractivity contribution >= 4 is 11.6 Å². The first-order chi connectivity index (χ1) is 8.59. The van der Waals surface area contributed by atoms with Crippen molar-refractivity contribution in [2.75, 3.05) is 11.9 Å². The van der Waals surface area contributed by atoms with Crippen molar-refractivity contribution in [2.24, 2.45) is 0 Å². The van der Waals surface area contributed by atoms with Gasteiger partial charge in [0.2, 0.25) is 5.95 Å². The van der Waals surface area contributed by atoms with Gasteiger partial charge < -0.3 is 4.90 Å². The van der Waals surface area contributed by atoms with Gasteiger partial charge in [0.25, 0.3) is 5.91 Å². The van der Waals surface area contributed by atoms with Crippen LogP contribution in [0.2, 0.25) is 0 Å². The van der Waals surface area contributed by atoms with E-state index in [0.29, 0.717) is 0 Å². The van der Waals surface area contributed by atoms with Gasteiger partial charge in [0.05, 0.1) is 5.56 Å². The van der Waals surface area contributed by atoms with Gasteiger partial charge in [-0.05, 0) is 36.8 Å². The Kier molecular flexibility index (Phi) is 3.37. The van der Waals surface area contributed by atoms with E-state index in [-0.39, 0.29) is 5.56 Å². The molecule has 0 atom stereocenters. The second-order valence-electron chi connectivity index (χ2n) is 4.04. The lowest BCUT2D eigenvalue weighted by atomic mass is 10.2. The van der Waals surface area contributed by atoms with Crippen LogP contribution >= 0.6 is 0 Å². The summed E-state index contributed by atoms with van der Waals surface area (Å²) >= 11 is 0. The Morgan fingerprint density at radius 3 is 2.72 bits per heavy atom. The Hall–Kier alpha value is -2.23. The number of aryl methyl sites for hydroxylation is 1. The van der Waals surface area contributed by atoms with Gasteiger partial charge >= 0.3 is 0 Å². The highest BCUT2D eigenvalue weighted by Crippen LogP contribution is 2.17. The molecule has 0 aliphatic carbocycles. The average Bonchev–Trinajstić information content (AvgIpc) is 2.37. The zero-order chi connectivity index (χ0) is 13.1. The van der Waals surface area contributed by atoms with Crippen LogP contribution in [0.25, 0.3) is 0 Å². The van der Waals surface area contributed by atoms with E-state index < -0.39 is 11.9 Å². The molecule has 3 nitrogen and oxygen atoms in total. The second-order valence-corrected chi connectivity index (χ2v) is 4.04. The number of nitrogens with zero attached hydrogens (tertiary/aromatic N) is 2. The van der Waals surface area contributed by atoms with E-state index in [9.17, 15) is 9.18 Å². The van der Waals surface area contributed by atoms with Crippen molar-refractivity contribution in [2.45, 2.75) is 6.92 Å². The molecular weight excluding hydrogens is 231 g/mol. The van der Waals surface area contributed by atoms with Crippen LogP contribution in [0, 0.1) is 12.9 Å². The number of anilines is 1. The Labute approximate surface area is 105 Å². The molecule has 92 valence electrons. The van der Waals surface area contributed by atoms with Crippen LogP contribution in [0.15, 0.2) is 42.6 Å². The number of hydrogen-bond acceptors (Lipinski definition) is 2. The molecule has 18 heavy (non-hydrogen) atoms. The number of amides is 1. The Bertz CT molecular complexity index is 584. The second kappa shape index (κ2) is 4.96. The predicted molar refractivity (Wildman–Crippen MR) is 68.1 cm³/mol. The maximum Gasteiger partial charge on any atom is 0.262 e. The van der Waals surface area contributed by atoms with E-state index in [1.807, 2.05) is 25.1 Å². The fourth-order valence-electron chi connectivity index (χ4n) is 1.68. The highest BCUT2D eigenvalue weighted by atomic mass is 19.1. The molecule has 0 fully saturated rings. The molecule has 0 spiro atoms. The average molecular weight is 244 g/mol. The normalized spacial score (nSPS) is 10.2. The molecule has 0 radical (unpaired) electrons. The third-order valence-corrected chi connectivity index (χ3v) is 2.68. The van der Waals surface area contributed by atoms with E-state index in [1.54, 1.807) is 19.2 Å². The molecule has 2 aromatic rings. The number of carbonyl (C=O) groups is 1. The predicted octanol–water partition coefficient (Wildman–Crippen LogP) is 2.81. The van der Waals surface area contributed by atoms with Gasteiger partial charge in [-0.25, -0.2) is 4.98 Å². The van der Waals surface area contributed by atoms with Crippen molar-refractivity contribution in [1.82, 2.24) is 4.98 Å². The monoisotopic (exact) mass is 244 g/mol. The fraction of sp³-hybridized carbons (Fsp3) is 0.143. The number of carbonyl (C=O) groups excluding carboxylic acids is 1. The molecule has 1 aromatic carbocycles. The first-order valence-electron chi connectivity index (χ1n) is 5.55. The summed E-state index contributed by atoms with van der Waals surface area (Å²) in [4.78, 5) is 17.0. The molecule has 4 heteroatoms.